The molecular formula is C31H28N3O10S2+. The number of fused-ring (bicyclic) bond motifs is 4. The van der Waals surface area contributed by atoms with Crippen molar-refractivity contribution in [1.29, 1.82) is 0 Å². The molecule has 0 amide bonds. The van der Waals surface area contributed by atoms with Crippen LogP contribution in [-0.4, -0.2) is 51.5 Å². The zero-order valence-electron chi connectivity index (χ0n) is 24.1. The summed E-state index contributed by atoms with van der Waals surface area (Å²) in [6.07, 6.45) is 2.14. The number of aromatic hydroxyl groups is 2. The molecule has 0 saturated heterocycles. The number of oxazole rings is 1. The molecule has 0 saturated carbocycles. The predicted octanol–water partition coefficient (Wildman–Crippen LogP) is 4.62. The van der Waals surface area contributed by atoms with E-state index in [4.69, 9.17) is 4.42 Å². The first-order valence-corrected chi connectivity index (χ1v) is 17.0. The third-order valence-electron chi connectivity index (χ3n) is 7.76. The molecule has 0 atom stereocenters. The summed E-state index contributed by atoms with van der Waals surface area (Å²) in [7, 11) is -9.43. The van der Waals surface area contributed by atoms with Crippen LogP contribution in [0.3, 0.4) is 0 Å². The summed E-state index contributed by atoms with van der Waals surface area (Å²) in [5, 5.41) is 20.9. The molecule has 3 aromatic carbocycles. The van der Waals surface area contributed by atoms with E-state index in [2.05, 4.69) is 4.98 Å². The summed E-state index contributed by atoms with van der Waals surface area (Å²) in [4.78, 5) is 16.0. The third kappa shape index (κ3) is 6.04. The average molecular weight is 667 g/mol. The lowest BCUT2D eigenvalue weighted by Crippen LogP contribution is -2.37. The van der Waals surface area contributed by atoms with Crippen LogP contribution < -0.4 is 4.57 Å². The summed E-state index contributed by atoms with van der Waals surface area (Å²) < 4.78 is 76.8. The number of ketones is 1. The highest BCUT2D eigenvalue weighted by Crippen LogP contribution is 2.35. The number of nitrogens with zero attached hydrogens (tertiary/aromatic N) is 3. The number of aromatic nitrogens is 3. The fraction of sp³-hybridized carbons (Fsp3) is 0.194. The maximum Gasteiger partial charge on any atom is 0.298 e. The van der Waals surface area contributed by atoms with Crippen LogP contribution in [0.1, 0.15) is 25.7 Å². The van der Waals surface area contributed by atoms with E-state index in [0.717, 1.165) is 33.7 Å². The van der Waals surface area contributed by atoms with Crippen molar-refractivity contribution in [2.24, 2.45) is 0 Å². The number of benzene rings is 3. The van der Waals surface area contributed by atoms with E-state index >= 15 is 0 Å². The summed E-state index contributed by atoms with van der Waals surface area (Å²) >= 11 is 0. The number of carbonyl (C=O) groups is 1. The van der Waals surface area contributed by atoms with Gasteiger partial charge in [0.2, 0.25) is 5.52 Å². The van der Waals surface area contributed by atoms with Crippen LogP contribution in [0, 0.1) is 0 Å². The van der Waals surface area contributed by atoms with Gasteiger partial charge in [-0.15, -0.1) is 0 Å². The second-order valence-electron chi connectivity index (χ2n) is 10.8. The summed E-state index contributed by atoms with van der Waals surface area (Å²) in [6.45, 7) is 0.342. The van der Waals surface area contributed by atoms with E-state index in [1.807, 2.05) is 34.9 Å². The van der Waals surface area contributed by atoms with Gasteiger partial charge in [-0.05, 0) is 48.6 Å². The van der Waals surface area contributed by atoms with Crippen LogP contribution in [0.2, 0.25) is 0 Å². The number of para-hydroxylation sites is 1. The molecule has 6 rings (SSSR count). The van der Waals surface area contributed by atoms with Crippen molar-refractivity contribution in [3.8, 4) is 23.3 Å². The number of carbonyl (C=O) groups excluding carboxylic acids is 1. The first kappa shape index (κ1) is 31.2. The van der Waals surface area contributed by atoms with Crippen molar-refractivity contribution in [3.05, 3.63) is 72.8 Å². The Morgan fingerprint density at radius 3 is 2.28 bits per heavy atom. The van der Waals surface area contributed by atoms with E-state index < -0.39 is 30.0 Å². The number of unbranched alkanes of at least 4 members (excludes halogenated alkanes) is 2. The van der Waals surface area contributed by atoms with Crippen molar-refractivity contribution >= 4 is 58.8 Å². The molecule has 46 heavy (non-hydrogen) atoms. The standard InChI is InChI=1S/C31H27N3O10S2/c35-21(18-34-27(36)13-14-28(34)37)7-2-1-5-15-33-24-8-4-3-6-19(24)9-12-25(33)31-32-29-23-11-10-22(45(38,39)40)16-20(23)17-26(30(29)44-31)46(41,42)43/h3-4,6,8-14,16-17,32H,1-2,5,7,15,18H2,(H2,38,39,40,41,42,43)/p+1. The van der Waals surface area contributed by atoms with Gasteiger partial charge >= 0.3 is 0 Å². The molecule has 0 spiro atoms. The van der Waals surface area contributed by atoms with Gasteiger partial charge in [0.1, 0.15) is 17.0 Å². The quantitative estimate of drug-likeness (QED) is 0.0854. The third-order valence-corrected chi connectivity index (χ3v) is 9.46. The average Bonchev–Trinajstić information content (AvgIpc) is 3.58. The molecule has 13 nitrogen and oxygen atoms in total. The topological polar surface area (TPSA) is 201 Å². The van der Waals surface area contributed by atoms with Crippen LogP contribution in [-0.2, 0) is 38.1 Å². The molecule has 238 valence electrons. The van der Waals surface area contributed by atoms with Gasteiger partial charge in [0.25, 0.3) is 31.8 Å². The van der Waals surface area contributed by atoms with E-state index in [0.29, 0.717) is 36.9 Å². The normalized spacial score (nSPS) is 12.4. The van der Waals surface area contributed by atoms with Gasteiger partial charge in [-0.1, -0.05) is 18.2 Å². The predicted molar refractivity (Wildman–Crippen MR) is 166 cm³/mol. The van der Waals surface area contributed by atoms with Crippen molar-refractivity contribution in [1.82, 2.24) is 9.55 Å². The molecule has 0 fully saturated rings. The van der Waals surface area contributed by atoms with Gasteiger partial charge in [-0.2, -0.15) is 21.4 Å². The SMILES string of the molecule is O=C(CCCCC[n+]1c(-c2nc3c(o2)c(S(=O)(=O)O)cc2cc(S(=O)(=O)O)ccc23)ccc2ccccc21)Cn1c(O)ccc1O. The first-order chi connectivity index (χ1) is 21.8. The first-order valence-electron chi connectivity index (χ1n) is 14.1. The minimum Gasteiger partial charge on any atom is -0.494 e. The lowest BCUT2D eigenvalue weighted by molar-refractivity contribution is -0.661. The second kappa shape index (κ2) is 11.8. The molecule has 0 aliphatic rings. The van der Waals surface area contributed by atoms with Gasteiger partial charge in [-0.25, -0.2) is 4.98 Å². The Balaban J connectivity index is 1.33. The van der Waals surface area contributed by atoms with Crippen LogP contribution in [0.4, 0.5) is 0 Å². The van der Waals surface area contributed by atoms with Gasteiger partial charge in [-0.3, -0.25) is 18.5 Å². The lowest BCUT2D eigenvalue weighted by Gasteiger charge is -2.07. The van der Waals surface area contributed by atoms with E-state index in [9.17, 15) is 40.9 Å². The second-order valence-corrected chi connectivity index (χ2v) is 13.6. The molecule has 6 aromatic rings. The number of Topliss-reactive ketones (excluding diaryl/α,β-unsaturated/α-hetero) is 1. The smallest absolute Gasteiger partial charge is 0.298 e. The monoisotopic (exact) mass is 666 g/mol. The van der Waals surface area contributed by atoms with E-state index in [1.54, 1.807) is 6.07 Å². The van der Waals surface area contributed by atoms with Crippen LogP contribution in [0.25, 0.3) is 44.4 Å². The van der Waals surface area contributed by atoms with Crippen LogP contribution >= 0.6 is 0 Å². The minimum atomic E-state index is -4.84. The molecule has 0 unspecified atom stereocenters. The number of pyridine rings is 1. The fourth-order valence-electron chi connectivity index (χ4n) is 5.54. The van der Waals surface area contributed by atoms with Crippen molar-refractivity contribution in [2.75, 3.05) is 0 Å². The molecule has 15 heteroatoms. The van der Waals surface area contributed by atoms with Gasteiger partial charge in [0, 0.05) is 47.9 Å². The summed E-state index contributed by atoms with van der Waals surface area (Å²) in [5.74, 6) is -0.468. The van der Waals surface area contributed by atoms with Gasteiger partial charge < -0.3 is 14.6 Å². The fourth-order valence-corrected chi connectivity index (χ4v) is 6.70. The highest BCUT2D eigenvalue weighted by molar-refractivity contribution is 7.86. The van der Waals surface area contributed by atoms with Crippen molar-refractivity contribution in [2.45, 2.75) is 48.6 Å². The van der Waals surface area contributed by atoms with Crippen molar-refractivity contribution in [3.63, 3.8) is 0 Å². The molecule has 4 N–H and O–H groups in total. The Morgan fingerprint density at radius 1 is 0.826 bits per heavy atom. The zero-order chi connectivity index (χ0) is 32.8. The molecule has 0 radical (unpaired) electrons. The van der Waals surface area contributed by atoms with E-state index in [-0.39, 0.29) is 52.9 Å². The molecular weight excluding hydrogens is 638 g/mol. The maximum atomic E-state index is 12.4. The van der Waals surface area contributed by atoms with Crippen LogP contribution in [0.5, 0.6) is 11.8 Å². The molecule has 0 bridgehead atoms. The lowest BCUT2D eigenvalue weighted by atomic mass is 10.1. The van der Waals surface area contributed by atoms with Crippen molar-refractivity contribution < 1.29 is 49.9 Å². The minimum absolute atomic E-state index is 0.0542. The Labute approximate surface area is 262 Å². The number of hydrogen-bond donors (Lipinski definition) is 4. The molecule has 3 aromatic heterocycles. The van der Waals surface area contributed by atoms with E-state index in [1.165, 1.54) is 18.2 Å². The summed E-state index contributed by atoms with van der Waals surface area (Å²) in [6, 6.07) is 18.5. The largest absolute Gasteiger partial charge is 0.494 e. The summed E-state index contributed by atoms with van der Waals surface area (Å²) in [5.41, 5.74) is 1.20. The highest BCUT2D eigenvalue weighted by Gasteiger charge is 2.27. The number of hydrogen-bond acceptors (Lipinski definition) is 9. The molecule has 0 aliphatic carbocycles. The van der Waals surface area contributed by atoms with Gasteiger partial charge in [0.15, 0.2) is 23.1 Å². The Kier molecular flexibility index (Phi) is 8.02. The maximum absolute atomic E-state index is 12.4. The number of aryl methyl sites for hydroxylation is 1. The molecule has 0 aliphatic heterocycles. The Bertz CT molecular complexity index is 2360. The molecule has 3 heterocycles. The zero-order valence-corrected chi connectivity index (χ0v) is 25.7. The van der Waals surface area contributed by atoms with Gasteiger partial charge in [0.05, 0.1) is 11.4 Å². The highest BCUT2D eigenvalue weighted by atomic mass is 32.2. The number of rotatable bonds is 11. The Hall–Kier alpha value is -4.83. The Morgan fingerprint density at radius 2 is 1.57 bits per heavy atom. The van der Waals surface area contributed by atoms with Crippen LogP contribution in [0.15, 0.2) is 87.0 Å².